The van der Waals surface area contributed by atoms with Gasteiger partial charge in [-0.1, -0.05) is 48.0 Å². The van der Waals surface area contributed by atoms with E-state index in [1.807, 2.05) is 0 Å². The summed E-state index contributed by atoms with van der Waals surface area (Å²) in [6.45, 7) is 16.4. The molecule has 9 atom stereocenters. The van der Waals surface area contributed by atoms with Crippen LogP contribution in [0.15, 0.2) is 0 Å². The molecule has 0 radical (unpaired) electrons. The van der Waals surface area contributed by atoms with Gasteiger partial charge in [-0.3, -0.25) is 0 Å². The van der Waals surface area contributed by atoms with Crippen molar-refractivity contribution in [2.24, 2.45) is 46.3 Å². The lowest BCUT2D eigenvalue weighted by molar-refractivity contribution is -0.115. The van der Waals surface area contributed by atoms with Crippen molar-refractivity contribution in [1.82, 2.24) is 10.6 Å². The van der Waals surface area contributed by atoms with Crippen LogP contribution in [0.2, 0.25) is 0 Å². The average Bonchev–Trinajstić information content (AvgIpc) is 3.12. The van der Waals surface area contributed by atoms with Gasteiger partial charge in [0.2, 0.25) is 0 Å². The minimum atomic E-state index is -0.105. The van der Waals surface area contributed by atoms with Crippen LogP contribution in [0.4, 0.5) is 0 Å². The molecule has 4 aliphatic rings. The predicted octanol–water partition coefficient (Wildman–Crippen LogP) is 6.79. The third kappa shape index (κ3) is 5.42. The first-order valence-corrected chi connectivity index (χ1v) is 15.3. The number of hydrogen-bond acceptors (Lipinski definition) is 3. The molecule has 0 aromatic carbocycles. The quantitative estimate of drug-likeness (QED) is 0.305. The fraction of sp³-hybridized carbons (Fsp3) is 1.00. The topological polar surface area (TPSA) is 44.3 Å². The van der Waals surface area contributed by atoms with E-state index < -0.39 is 0 Å². The van der Waals surface area contributed by atoms with E-state index in [0.717, 1.165) is 55.1 Å². The van der Waals surface area contributed by atoms with Crippen LogP contribution in [0.25, 0.3) is 0 Å². The average molecular weight is 475 g/mol. The van der Waals surface area contributed by atoms with Gasteiger partial charge in [0.05, 0.1) is 6.10 Å². The molecule has 4 rings (SSSR count). The molecule has 0 saturated heterocycles. The Balaban J connectivity index is 1.32. The molecule has 0 aromatic heterocycles. The van der Waals surface area contributed by atoms with Gasteiger partial charge in [0.1, 0.15) is 0 Å². The van der Waals surface area contributed by atoms with Gasteiger partial charge in [0.25, 0.3) is 0 Å². The van der Waals surface area contributed by atoms with E-state index in [1.54, 1.807) is 0 Å². The minimum Gasteiger partial charge on any atom is -0.393 e. The molecule has 0 aromatic rings. The molecule has 0 amide bonds. The molecule has 3 heteroatoms. The van der Waals surface area contributed by atoms with Gasteiger partial charge in [0, 0.05) is 25.2 Å². The third-order valence-corrected chi connectivity index (χ3v) is 11.8. The summed E-state index contributed by atoms with van der Waals surface area (Å²) < 4.78 is 0. The molecule has 4 saturated carbocycles. The van der Waals surface area contributed by atoms with Gasteiger partial charge in [-0.05, 0) is 117 Å². The maximum atomic E-state index is 10.3. The summed E-state index contributed by atoms with van der Waals surface area (Å²) in [4.78, 5) is 0. The van der Waals surface area contributed by atoms with Gasteiger partial charge >= 0.3 is 0 Å². The van der Waals surface area contributed by atoms with Gasteiger partial charge < -0.3 is 15.7 Å². The lowest BCUT2D eigenvalue weighted by atomic mass is 9.44. The third-order valence-electron chi connectivity index (χ3n) is 11.8. The van der Waals surface area contributed by atoms with Crippen LogP contribution in [-0.2, 0) is 0 Å². The number of nitrogens with one attached hydrogen (secondary N) is 2. The van der Waals surface area contributed by atoms with Crippen molar-refractivity contribution in [1.29, 1.82) is 0 Å². The van der Waals surface area contributed by atoms with Crippen molar-refractivity contribution in [2.75, 3.05) is 13.1 Å². The highest BCUT2D eigenvalue weighted by Gasteiger charge is 2.59. The SMILES string of the molecule is CC(C)NCCNC1CCC2(C)C(CCC3C4CCC(CCCC(O)C(C)C)C4(C)CCC32)C1. The molecule has 0 bridgehead atoms. The van der Waals surface area contributed by atoms with Crippen LogP contribution in [0.3, 0.4) is 0 Å². The fourth-order valence-electron chi connectivity index (χ4n) is 9.57. The molecule has 3 nitrogen and oxygen atoms in total. The van der Waals surface area contributed by atoms with Crippen molar-refractivity contribution in [2.45, 2.75) is 137 Å². The van der Waals surface area contributed by atoms with E-state index >= 15 is 0 Å². The van der Waals surface area contributed by atoms with E-state index in [0.29, 0.717) is 22.8 Å². The highest BCUT2D eigenvalue weighted by Crippen LogP contribution is 2.67. The molecule has 0 aliphatic heterocycles. The molecule has 3 N–H and O–H groups in total. The van der Waals surface area contributed by atoms with Crippen molar-refractivity contribution < 1.29 is 5.11 Å². The number of aliphatic hydroxyl groups excluding tert-OH is 1. The number of hydrogen-bond donors (Lipinski definition) is 3. The monoisotopic (exact) mass is 474 g/mol. The Kier molecular flexibility index (Phi) is 8.79. The standard InChI is InChI=1S/C31H58N2O/c1-21(2)29(34)9-7-8-23-11-13-27-26-12-10-24-20-25(33-19-18-32-22(3)4)14-16-31(24,6)28(26)15-17-30(23,27)5/h21-29,32-34H,7-20H2,1-6H3. The number of aliphatic hydroxyl groups is 1. The Hall–Kier alpha value is -0.120. The molecule has 0 spiro atoms. The smallest absolute Gasteiger partial charge is 0.0563 e. The lowest BCUT2D eigenvalue weighted by Crippen LogP contribution is -2.55. The predicted molar refractivity (Wildman–Crippen MR) is 145 cm³/mol. The van der Waals surface area contributed by atoms with Crippen molar-refractivity contribution in [3.05, 3.63) is 0 Å². The van der Waals surface area contributed by atoms with Crippen LogP contribution < -0.4 is 10.6 Å². The summed E-state index contributed by atoms with van der Waals surface area (Å²) in [6.07, 6.45) is 16.6. The van der Waals surface area contributed by atoms with E-state index in [4.69, 9.17) is 0 Å². The molecular formula is C31H58N2O. The zero-order valence-corrected chi connectivity index (χ0v) is 23.5. The second-order valence-electron chi connectivity index (χ2n) is 14.3. The highest BCUT2D eigenvalue weighted by atomic mass is 16.3. The first-order valence-electron chi connectivity index (χ1n) is 15.3. The van der Waals surface area contributed by atoms with E-state index in [9.17, 15) is 5.11 Å². The van der Waals surface area contributed by atoms with E-state index in [-0.39, 0.29) is 6.10 Å². The van der Waals surface area contributed by atoms with Gasteiger partial charge in [-0.25, -0.2) is 0 Å². The van der Waals surface area contributed by atoms with Crippen LogP contribution >= 0.6 is 0 Å². The Morgan fingerprint density at radius 2 is 1.59 bits per heavy atom. The Labute approximate surface area is 212 Å². The lowest BCUT2D eigenvalue weighted by Gasteiger charge is -2.61. The summed E-state index contributed by atoms with van der Waals surface area (Å²) in [6, 6.07) is 1.33. The van der Waals surface area contributed by atoms with Crippen LogP contribution in [0.1, 0.15) is 119 Å². The van der Waals surface area contributed by atoms with Crippen LogP contribution in [0, 0.1) is 46.3 Å². The van der Waals surface area contributed by atoms with Crippen molar-refractivity contribution in [3.63, 3.8) is 0 Å². The maximum absolute atomic E-state index is 10.3. The summed E-state index contributed by atoms with van der Waals surface area (Å²) in [5.41, 5.74) is 1.17. The Morgan fingerprint density at radius 3 is 2.32 bits per heavy atom. The summed E-state index contributed by atoms with van der Waals surface area (Å²) in [5, 5.41) is 17.7. The Bertz CT molecular complexity index is 649. The summed E-state index contributed by atoms with van der Waals surface area (Å²) in [5.74, 6) is 5.20. The van der Waals surface area contributed by atoms with Crippen molar-refractivity contribution >= 4 is 0 Å². The van der Waals surface area contributed by atoms with Gasteiger partial charge in [-0.15, -0.1) is 0 Å². The van der Waals surface area contributed by atoms with Gasteiger partial charge in [0.15, 0.2) is 0 Å². The summed E-state index contributed by atoms with van der Waals surface area (Å²) >= 11 is 0. The van der Waals surface area contributed by atoms with E-state index in [1.165, 1.54) is 70.6 Å². The van der Waals surface area contributed by atoms with Crippen molar-refractivity contribution in [3.8, 4) is 0 Å². The van der Waals surface area contributed by atoms with Crippen LogP contribution in [0.5, 0.6) is 0 Å². The first-order chi connectivity index (χ1) is 16.1. The molecule has 34 heavy (non-hydrogen) atoms. The molecule has 198 valence electrons. The largest absolute Gasteiger partial charge is 0.393 e. The maximum Gasteiger partial charge on any atom is 0.0563 e. The fourth-order valence-corrected chi connectivity index (χ4v) is 9.57. The normalized spacial score (nSPS) is 43.0. The minimum absolute atomic E-state index is 0.105. The molecule has 9 unspecified atom stereocenters. The second kappa shape index (κ2) is 11.1. The zero-order chi connectivity index (χ0) is 24.5. The molecular weight excluding hydrogens is 416 g/mol. The van der Waals surface area contributed by atoms with Crippen LogP contribution in [-0.4, -0.2) is 36.4 Å². The molecule has 4 fully saturated rings. The molecule has 0 heterocycles. The molecule has 4 aliphatic carbocycles. The second-order valence-corrected chi connectivity index (χ2v) is 14.3. The summed E-state index contributed by atoms with van der Waals surface area (Å²) in [7, 11) is 0. The van der Waals surface area contributed by atoms with E-state index in [2.05, 4.69) is 52.2 Å². The number of fused-ring (bicyclic) bond motifs is 5. The Morgan fingerprint density at radius 1 is 0.853 bits per heavy atom. The van der Waals surface area contributed by atoms with Gasteiger partial charge in [-0.2, -0.15) is 0 Å². The highest BCUT2D eigenvalue weighted by molar-refractivity contribution is 5.09. The number of rotatable bonds is 10. The first kappa shape index (κ1) is 26.9. The zero-order valence-electron chi connectivity index (χ0n) is 23.5.